The van der Waals surface area contributed by atoms with E-state index >= 15 is 0 Å². The van der Waals surface area contributed by atoms with E-state index < -0.39 is 0 Å². The summed E-state index contributed by atoms with van der Waals surface area (Å²) in [7, 11) is 0. The van der Waals surface area contributed by atoms with Crippen LogP contribution in [0.3, 0.4) is 0 Å². The number of hydrogen-bond acceptors (Lipinski definition) is 1. The summed E-state index contributed by atoms with van der Waals surface area (Å²) in [6, 6.07) is 0. The van der Waals surface area contributed by atoms with Gasteiger partial charge in [0.25, 0.3) is 0 Å². The van der Waals surface area contributed by atoms with E-state index in [1.807, 2.05) is 0 Å². The van der Waals surface area contributed by atoms with E-state index in [1.165, 1.54) is 25.7 Å². The molecule has 9 heavy (non-hydrogen) atoms. The first-order chi connectivity index (χ1) is 4.43. The summed E-state index contributed by atoms with van der Waals surface area (Å²) in [5.74, 6) is 0.742. The largest absolute Gasteiger partial charge is 0.348 e. The predicted octanol–water partition coefficient (Wildman–Crippen LogP) is 0.833. The zero-order valence-corrected chi connectivity index (χ0v) is 5.52. The van der Waals surface area contributed by atoms with Crippen molar-refractivity contribution in [2.75, 3.05) is 6.54 Å². The van der Waals surface area contributed by atoms with Crippen LogP contribution >= 0.6 is 0 Å². The summed E-state index contributed by atoms with van der Waals surface area (Å²) in [6.07, 6.45) is 6.94. The Morgan fingerprint density at radius 3 is 2.67 bits per heavy atom. The summed E-state index contributed by atoms with van der Waals surface area (Å²) in [5, 5.41) is 2.58. The molecule has 0 aromatic carbocycles. The highest BCUT2D eigenvalue weighted by Gasteiger charge is 2.13. The average Bonchev–Trinajstić information content (AvgIpc) is 2.34. The maximum Gasteiger partial charge on any atom is 0.309 e. The lowest BCUT2D eigenvalue weighted by Crippen LogP contribution is -2.18. The second kappa shape index (κ2) is 3.49. The van der Waals surface area contributed by atoms with Crippen molar-refractivity contribution < 1.29 is 4.79 Å². The summed E-state index contributed by atoms with van der Waals surface area (Å²) < 4.78 is 0. The maximum atomic E-state index is 9.73. The van der Waals surface area contributed by atoms with Gasteiger partial charge in [-0.3, -0.25) is 4.79 Å². The molecule has 0 saturated heterocycles. The van der Waals surface area contributed by atoms with Gasteiger partial charge < -0.3 is 5.32 Å². The second-order valence-corrected chi connectivity index (χ2v) is 2.63. The molecule has 1 aliphatic rings. The normalized spacial score (nSPS) is 20.0. The molecule has 0 heterocycles. The standard InChI is InChI=1S/C7H12NO/c9-6-8-5-7-3-1-2-4-7/h7H,1-5H2,(H,8,9). The molecule has 1 N–H and O–H groups in total. The smallest absolute Gasteiger partial charge is 0.309 e. The molecule has 1 fully saturated rings. The maximum absolute atomic E-state index is 9.73. The minimum atomic E-state index is 0.742. The van der Waals surface area contributed by atoms with Crippen molar-refractivity contribution in [2.45, 2.75) is 25.7 Å². The zero-order chi connectivity index (χ0) is 6.53. The van der Waals surface area contributed by atoms with Crippen LogP contribution in [0.25, 0.3) is 0 Å². The number of rotatable bonds is 3. The van der Waals surface area contributed by atoms with Crippen LogP contribution in [0.15, 0.2) is 0 Å². The van der Waals surface area contributed by atoms with Crippen molar-refractivity contribution in [3.63, 3.8) is 0 Å². The van der Waals surface area contributed by atoms with Gasteiger partial charge in [0.05, 0.1) is 0 Å². The number of nitrogens with one attached hydrogen (secondary N) is 1. The molecule has 0 aromatic rings. The fourth-order valence-electron chi connectivity index (χ4n) is 1.40. The first-order valence-electron chi connectivity index (χ1n) is 3.53. The third-order valence-electron chi connectivity index (χ3n) is 1.94. The van der Waals surface area contributed by atoms with Gasteiger partial charge in [-0.2, -0.15) is 0 Å². The molecule has 1 rings (SSSR count). The van der Waals surface area contributed by atoms with Gasteiger partial charge in [-0.15, -0.1) is 0 Å². The van der Waals surface area contributed by atoms with Gasteiger partial charge in [-0.25, -0.2) is 0 Å². The van der Waals surface area contributed by atoms with Crippen LogP contribution < -0.4 is 5.32 Å². The molecule has 1 aliphatic carbocycles. The molecule has 0 bridgehead atoms. The van der Waals surface area contributed by atoms with Crippen LogP contribution in [-0.2, 0) is 4.79 Å². The molecule has 0 unspecified atom stereocenters. The minimum absolute atomic E-state index is 0.742. The zero-order valence-electron chi connectivity index (χ0n) is 5.52. The SMILES string of the molecule is O=[C]NCC1CCCC1. The summed E-state index contributed by atoms with van der Waals surface area (Å²) in [4.78, 5) is 9.73. The predicted molar refractivity (Wildman–Crippen MR) is 35.7 cm³/mol. The third-order valence-corrected chi connectivity index (χ3v) is 1.94. The first-order valence-corrected chi connectivity index (χ1v) is 3.53. The van der Waals surface area contributed by atoms with Gasteiger partial charge in [0.2, 0.25) is 0 Å². The van der Waals surface area contributed by atoms with E-state index in [0.29, 0.717) is 0 Å². The molecule has 2 heteroatoms. The third kappa shape index (κ3) is 2.04. The van der Waals surface area contributed by atoms with Crippen LogP contribution in [-0.4, -0.2) is 13.0 Å². The molecule has 0 spiro atoms. The van der Waals surface area contributed by atoms with Crippen LogP contribution in [0, 0.1) is 5.92 Å². The molecule has 1 amide bonds. The van der Waals surface area contributed by atoms with E-state index in [4.69, 9.17) is 0 Å². The van der Waals surface area contributed by atoms with Crippen molar-refractivity contribution in [2.24, 2.45) is 5.92 Å². The summed E-state index contributed by atoms with van der Waals surface area (Å²) in [5.41, 5.74) is 0. The number of carbonyl (C=O) groups excluding carboxylic acids is 1. The van der Waals surface area contributed by atoms with Crippen LogP contribution in [0.2, 0.25) is 0 Å². The second-order valence-electron chi connectivity index (χ2n) is 2.63. The lowest BCUT2D eigenvalue weighted by molar-refractivity contribution is 0.501. The van der Waals surface area contributed by atoms with E-state index in [9.17, 15) is 4.79 Å². The highest BCUT2D eigenvalue weighted by Crippen LogP contribution is 2.23. The minimum Gasteiger partial charge on any atom is -0.348 e. The van der Waals surface area contributed by atoms with Crippen molar-refractivity contribution in [1.82, 2.24) is 5.32 Å². The van der Waals surface area contributed by atoms with Crippen LogP contribution in [0.5, 0.6) is 0 Å². The number of hydrogen-bond donors (Lipinski definition) is 1. The topological polar surface area (TPSA) is 29.1 Å². The van der Waals surface area contributed by atoms with Gasteiger partial charge in [0.1, 0.15) is 0 Å². The van der Waals surface area contributed by atoms with Gasteiger partial charge in [-0.05, 0) is 18.8 Å². The Morgan fingerprint density at radius 2 is 2.11 bits per heavy atom. The Labute approximate surface area is 55.6 Å². The van der Waals surface area contributed by atoms with E-state index in [0.717, 1.165) is 12.5 Å². The van der Waals surface area contributed by atoms with E-state index in [1.54, 1.807) is 6.41 Å². The molecule has 51 valence electrons. The van der Waals surface area contributed by atoms with Crippen molar-refractivity contribution in [3.05, 3.63) is 0 Å². The Morgan fingerprint density at radius 1 is 1.44 bits per heavy atom. The Hall–Kier alpha value is -0.530. The molecule has 1 radical (unpaired) electrons. The highest BCUT2D eigenvalue weighted by atomic mass is 16.1. The first kappa shape index (κ1) is 6.59. The van der Waals surface area contributed by atoms with Crippen LogP contribution in [0.1, 0.15) is 25.7 Å². The summed E-state index contributed by atoms with van der Waals surface area (Å²) in [6.45, 7) is 0.837. The highest BCUT2D eigenvalue weighted by molar-refractivity contribution is 5.46. The quantitative estimate of drug-likeness (QED) is 0.558. The van der Waals surface area contributed by atoms with Crippen molar-refractivity contribution in [3.8, 4) is 0 Å². The van der Waals surface area contributed by atoms with Gasteiger partial charge >= 0.3 is 6.41 Å². The van der Waals surface area contributed by atoms with E-state index in [2.05, 4.69) is 5.32 Å². The molecular weight excluding hydrogens is 114 g/mol. The van der Waals surface area contributed by atoms with Gasteiger partial charge in [0, 0.05) is 6.54 Å². The Balaban J connectivity index is 2.04. The molecular formula is C7H12NO. The Bertz CT molecular complexity index is 86.9. The number of amides is 1. The lowest BCUT2D eigenvalue weighted by atomic mass is 10.1. The van der Waals surface area contributed by atoms with Crippen LogP contribution in [0.4, 0.5) is 0 Å². The average molecular weight is 126 g/mol. The van der Waals surface area contributed by atoms with Gasteiger partial charge in [-0.1, -0.05) is 12.8 Å². The Kier molecular flexibility index (Phi) is 2.55. The van der Waals surface area contributed by atoms with Crippen molar-refractivity contribution >= 4 is 6.41 Å². The van der Waals surface area contributed by atoms with Gasteiger partial charge in [0.15, 0.2) is 0 Å². The molecule has 0 aromatic heterocycles. The summed E-state index contributed by atoms with van der Waals surface area (Å²) >= 11 is 0. The monoisotopic (exact) mass is 126 g/mol. The van der Waals surface area contributed by atoms with Crippen molar-refractivity contribution in [1.29, 1.82) is 0 Å². The fourth-order valence-corrected chi connectivity index (χ4v) is 1.40. The molecule has 0 atom stereocenters. The fraction of sp³-hybridized carbons (Fsp3) is 0.857. The molecule has 1 saturated carbocycles. The molecule has 2 nitrogen and oxygen atoms in total. The van der Waals surface area contributed by atoms with E-state index in [-0.39, 0.29) is 0 Å². The molecule has 0 aliphatic heterocycles. The lowest BCUT2D eigenvalue weighted by Gasteiger charge is -2.04.